The quantitative estimate of drug-likeness (QED) is 0.0927. The Labute approximate surface area is 331 Å². The number of hydrogen-bond donors (Lipinski definition) is 6. The summed E-state index contributed by atoms with van der Waals surface area (Å²) in [7, 11) is 0. The molecule has 0 amide bonds. The van der Waals surface area contributed by atoms with Crippen molar-refractivity contribution >= 4 is 66.9 Å². The van der Waals surface area contributed by atoms with Crippen LogP contribution in [0.1, 0.15) is 27.8 Å². The number of aliphatic hydroxyl groups is 1. The number of aliphatic hydroxyl groups excluding tert-OH is 1. The van der Waals surface area contributed by atoms with E-state index in [-0.39, 0.29) is 22.7 Å². The lowest BCUT2D eigenvalue weighted by atomic mass is 9.79. The summed E-state index contributed by atoms with van der Waals surface area (Å²) >= 11 is 0. The fourth-order valence-corrected chi connectivity index (χ4v) is 10.4. The molecule has 274 valence electrons. The second-order valence-electron chi connectivity index (χ2n) is 15.8. The summed E-state index contributed by atoms with van der Waals surface area (Å²) < 4.78 is 0. The van der Waals surface area contributed by atoms with Crippen molar-refractivity contribution in [3.8, 4) is 22.3 Å². The van der Waals surface area contributed by atoms with Crippen molar-refractivity contribution in [3.05, 3.63) is 190 Å². The van der Waals surface area contributed by atoms with Crippen molar-refractivity contribution in [1.82, 2.24) is 0 Å². The fraction of sp³-hybridized carbons (Fsp3) is 0.0400. The summed E-state index contributed by atoms with van der Waals surface area (Å²) in [6, 6.07) is 48.7. The maximum absolute atomic E-state index is 14.9. The van der Waals surface area contributed by atoms with Crippen LogP contribution >= 0.6 is 0 Å². The first-order valence-corrected chi connectivity index (χ1v) is 19.4. The summed E-state index contributed by atoms with van der Waals surface area (Å²) in [6.45, 7) is 0. The Balaban J connectivity index is 1.06. The molecule has 8 heteroatoms. The van der Waals surface area contributed by atoms with E-state index in [1.54, 1.807) is 0 Å². The van der Waals surface area contributed by atoms with E-state index in [4.69, 9.17) is 16.5 Å². The van der Waals surface area contributed by atoms with Crippen LogP contribution in [0, 0.1) is 0 Å². The molecule has 0 saturated carbocycles. The van der Waals surface area contributed by atoms with Crippen LogP contribution in [0.4, 0.5) is 28.4 Å². The van der Waals surface area contributed by atoms with Crippen molar-refractivity contribution < 1.29 is 9.90 Å². The number of fused-ring (bicyclic) bond motifs is 10. The third-order valence-electron chi connectivity index (χ3n) is 12.9. The molecule has 0 aromatic heterocycles. The first kappa shape index (κ1) is 31.4. The SMILES string of the molecule is Nc1ccc2c(c1)C1(N=c3c(=C4C(=O)C(c5ccc6cccc7c6c5NC5(N7)c6ccccc6-c6ccc(N)cc65)=C4O)ccc4cccc(c34)N1)c1ccccc1-2. The van der Waals surface area contributed by atoms with Crippen LogP contribution < -0.4 is 38.0 Å². The van der Waals surface area contributed by atoms with Gasteiger partial charge in [-0.3, -0.25) is 4.79 Å². The molecule has 3 aliphatic carbocycles. The van der Waals surface area contributed by atoms with E-state index in [1.165, 1.54) is 0 Å². The lowest BCUT2D eigenvalue weighted by Gasteiger charge is -2.41. The molecule has 58 heavy (non-hydrogen) atoms. The number of Topliss-reactive ketones (excluding diaryl/α,β-unsaturated/α-hetero) is 1. The predicted molar refractivity (Wildman–Crippen MR) is 232 cm³/mol. The average molecular weight is 749 g/mol. The van der Waals surface area contributed by atoms with Crippen LogP contribution in [0.2, 0.25) is 0 Å². The Morgan fingerprint density at radius 2 is 1.12 bits per heavy atom. The molecule has 2 heterocycles. The highest BCUT2D eigenvalue weighted by molar-refractivity contribution is 6.52. The molecule has 0 saturated heterocycles. The van der Waals surface area contributed by atoms with Crippen molar-refractivity contribution in [3.63, 3.8) is 0 Å². The molecule has 2 unspecified atom stereocenters. The number of nitrogens with zero attached hydrogens (tertiary/aromatic N) is 1. The number of nitrogens with one attached hydrogen (secondary N) is 3. The molecule has 2 spiro atoms. The largest absolute Gasteiger partial charge is 0.506 e. The van der Waals surface area contributed by atoms with Gasteiger partial charge in [-0.25, -0.2) is 4.99 Å². The van der Waals surface area contributed by atoms with E-state index in [2.05, 4.69) is 64.5 Å². The fourth-order valence-electron chi connectivity index (χ4n) is 10.4. The van der Waals surface area contributed by atoms with E-state index in [0.717, 1.165) is 83.1 Å². The van der Waals surface area contributed by atoms with Crippen molar-refractivity contribution in [2.75, 3.05) is 27.4 Å². The van der Waals surface area contributed by atoms with Gasteiger partial charge < -0.3 is 32.5 Å². The third kappa shape index (κ3) is 3.70. The smallest absolute Gasteiger partial charge is 0.201 e. The molecule has 5 aliphatic rings. The lowest BCUT2D eigenvalue weighted by Crippen LogP contribution is -2.45. The number of benzene rings is 8. The van der Waals surface area contributed by atoms with Gasteiger partial charge in [0, 0.05) is 66.6 Å². The Morgan fingerprint density at radius 3 is 1.88 bits per heavy atom. The van der Waals surface area contributed by atoms with Gasteiger partial charge in [0.2, 0.25) is 5.78 Å². The number of anilines is 5. The average Bonchev–Trinajstić information content (AvgIpc) is 3.64. The Morgan fingerprint density at radius 1 is 0.517 bits per heavy atom. The molecule has 0 fully saturated rings. The summed E-state index contributed by atoms with van der Waals surface area (Å²) in [5, 5.41) is 28.9. The van der Waals surface area contributed by atoms with Gasteiger partial charge in [-0.15, -0.1) is 0 Å². The molecular formula is C50H32N6O2. The van der Waals surface area contributed by atoms with Crippen LogP contribution in [-0.2, 0) is 16.1 Å². The molecule has 8 nitrogen and oxygen atoms in total. The minimum absolute atomic E-state index is 0.0590. The molecule has 8 aromatic rings. The molecule has 2 aliphatic heterocycles. The van der Waals surface area contributed by atoms with Gasteiger partial charge in [0.15, 0.2) is 11.3 Å². The Kier molecular flexibility index (Phi) is 5.68. The maximum Gasteiger partial charge on any atom is 0.201 e. The maximum atomic E-state index is 14.9. The lowest BCUT2D eigenvalue weighted by molar-refractivity contribution is -0.109. The second-order valence-corrected chi connectivity index (χ2v) is 15.8. The highest BCUT2D eigenvalue weighted by atomic mass is 16.3. The van der Waals surface area contributed by atoms with Gasteiger partial charge in [-0.2, -0.15) is 0 Å². The normalized spacial score (nSPS) is 20.8. The zero-order valence-electron chi connectivity index (χ0n) is 30.8. The van der Waals surface area contributed by atoms with E-state index >= 15 is 0 Å². The monoisotopic (exact) mass is 748 g/mol. The Hall–Kier alpha value is -7.84. The van der Waals surface area contributed by atoms with Crippen molar-refractivity contribution in [1.29, 1.82) is 0 Å². The summed E-state index contributed by atoms with van der Waals surface area (Å²) in [4.78, 5) is 20.5. The summed E-state index contributed by atoms with van der Waals surface area (Å²) in [5.74, 6) is -0.306. The number of rotatable bonds is 1. The molecule has 0 bridgehead atoms. The van der Waals surface area contributed by atoms with E-state index in [1.807, 2.05) is 97.1 Å². The number of carbonyl (C=O) groups excluding carboxylic acids is 1. The number of ketones is 1. The van der Waals surface area contributed by atoms with Crippen molar-refractivity contribution in [2.45, 2.75) is 11.3 Å². The standard InChI is InChI=1S/C50H32N6O2/c51-27-17-21-31-29-9-1-3-11-35(29)49(37(31)23-27)53-39-13-5-7-25-15-19-33(45(55-49)41(25)39)43-47(57)44(48(43)58)34-20-16-26-8-6-14-40-42(26)46(34)56-50(54-40)36-12-4-2-10-30(36)32-22-18-28(52)24-38(32)50/h1-24,53-55,57H,51-52H2. The van der Waals surface area contributed by atoms with Gasteiger partial charge in [0.25, 0.3) is 0 Å². The van der Waals surface area contributed by atoms with E-state index in [0.29, 0.717) is 27.5 Å². The summed E-state index contributed by atoms with van der Waals surface area (Å²) in [6.07, 6.45) is 0. The highest BCUT2D eigenvalue weighted by Gasteiger charge is 2.49. The zero-order chi connectivity index (χ0) is 38.7. The number of hydrogen-bond acceptors (Lipinski definition) is 8. The second kappa shape index (κ2) is 10.5. The number of nitrogen functional groups attached to an aromatic ring is 2. The topological polar surface area (TPSA) is 138 Å². The predicted octanol–water partition coefficient (Wildman–Crippen LogP) is 8.51. The first-order chi connectivity index (χ1) is 28.3. The third-order valence-corrected chi connectivity index (χ3v) is 12.9. The van der Waals surface area contributed by atoms with Crippen LogP contribution in [0.5, 0.6) is 0 Å². The van der Waals surface area contributed by atoms with Gasteiger partial charge in [0.05, 0.1) is 22.2 Å². The van der Waals surface area contributed by atoms with Crippen LogP contribution in [0.25, 0.3) is 54.9 Å². The molecule has 2 atom stereocenters. The zero-order valence-corrected chi connectivity index (χ0v) is 30.8. The van der Waals surface area contributed by atoms with Crippen LogP contribution in [0.15, 0.2) is 156 Å². The van der Waals surface area contributed by atoms with Gasteiger partial charge >= 0.3 is 0 Å². The number of nitrogens with two attached hydrogens (primary N) is 2. The molecule has 0 radical (unpaired) electrons. The van der Waals surface area contributed by atoms with E-state index < -0.39 is 11.3 Å². The highest BCUT2D eigenvalue weighted by Crippen LogP contribution is 2.56. The van der Waals surface area contributed by atoms with Gasteiger partial charge in [-0.05, 0) is 69.4 Å². The molecule has 8 N–H and O–H groups in total. The minimum atomic E-state index is -1.00. The van der Waals surface area contributed by atoms with Crippen LogP contribution in [-0.4, -0.2) is 10.9 Å². The summed E-state index contributed by atoms with van der Waals surface area (Å²) in [5.41, 5.74) is 24.2. The minimum Gasteiger partial charge on any atom is -0.506 e. The molecular weight excluding hydrogens is 717 g/mol. The van der Waals surface area contributed by atoms with Gasteiger partial charge in [-0.1, -0.05) is 109 Å². The van der Waals surface area contributed by atoms with E-state index in [9.17, 15) is 9.90 Å². The Bertz CT molecular complexity index is 3460. The molecule has 8 aromatic carbocycles. The number of allylic oxidation sites excluding steroid dienone is 2. The van der Waals surface area contributed by atoms with Crippen LogP contribution in [0.3, 0.4) is 0 Å². The number of carbonyl (C=O) groups is 1. The van der Waals surface area contributed by atoms with Gasteiger partial charge in [0.1, 0.15) is 5.76 Å². The van der Waals surface area contributed by atoms with Crippen molar-refractivity contribution in [2.24, 2.45) is 4.99 Å². The molecule has 13 rings (SSSR count). The first-order valence-electron chi connectivity index (χ1n) is 19.4.